The molecule has 0 saturated heterocycles. The van der Waals surface area contributed by atoms with Crippen molar-refractivity contribution >= 4 is 5.69 Å². The Kier molecular flexibility index (Phi) is 6.13. The molecule has 0 unspecified atom stereocenters. The molecule has 0 amide bonds. The maximum absolute atomic E-state index is 5.92. The molecule has 0 atom stereocenters. The fourth-order valence-electron chi connectivity index (χ4n) is 2.43. The van der Waals surface area contributed by atoms with Gasteiger partial charge < -0.3 is 14.4 Å². The van der Waals surface area contributed by atoms with Crippen LogP contribution in [0.15, 0.2) is 48.5 Å². The standard InChI is InChI=1S/C19H25NO2/c1-4-20(5-2)17-11-7-9-13-19(17)22-15-14-21-18-12-8-6-10-16(18)3/h6-13H,4-5,14-15H2,1-3H3. The normalized spacial score (nSPS) is 10.3. The summed E-state index contributed by atoms with van der Waals surface area (Å²) in [7, 11) is 0. The third kappa shape index (κ3) is 4.17. The van der Waals surface area contributed by atoms with Crippen LogP contribution < -0.4 is 14.4 Å². The zero-order valence-electron chi connectivity index (χ0n) is 13.7. The number of hydrogen-bond acceptors (Lipinski definition) is 3. The molecule has 0 spiro atoms. The van der Waals surface area contributed by atoms with Gasteiger partial charge in [0.05, 0.1) is 5.69 Å². The Bertz CT molecular complexity index is 579. The molecule has 0 radical (unpaired) electrons. The predicted molar refractivity (Wildman–Crippen MR) is 92.2 cm³/mol. The molecule has 0 N–H and O–H groups in total. The quantitative estimate of drug-likeness (QED) is 0.678. The van der Waals surface area contributed by atoms with Gasteiger partial charge in [0, 0.05) is 13.1 Å². The Balaban J connectivity index is 1.91. The molecule has 118 valence electrons. The number of anilines is 1. The van der Waals surface area contributed by atoms with Crippen molar-refractivity contribution in [2.24, 2.45) is 0 Å². The van der Waals surface area contributed by atoms with Crippen molar-refractivity contribution in [1.82, 2.24) is 0 Å². The number of ether oxygens (including phenoxy) is 2. The van der Waals surface area contributed by atoms with Crippen LogP contribution in [0, 0.1) is 6.92 Å². The molecule has 0 aliphatic rings. The highest BCUT2D eigenvalue weighted by molar-refractivity contribution is 5.58. The first-order chi connectivity index (χ1) is 10.8. The van der Waals surface area contributed by atoms with Gasteiger partial charge in [0.15, 0.2) is 0 Å². The van der Waals surface area contributed by atoms with Crippen molar-refractivity contribution in [3.8, 4) is 11.5 Å². The largest absolute Gasteiger partial charge is 0.490 e. The summed E-state index contributed by atoms with van der Waals surface area (Å²) in [4.78, 5) is 2.29. The molecule has 2 aromatic carbocycles. The molecule has 3 nitrogen and oxygen atoms in total. The molecule has 0 bridgehead atoms. The average Bonchev–Trinajstić information content (AvgIpc) is 2.55. The monoisotopic (exact) mass is 299 g/mol. The van der Waals surface area contributed by atoms with Crippen molar-refractivity contribution in [2.45, 2.75) is 20.8 Å². The van der Waals surface area contributed by atoms with Crippen LogP contribution in [0.25, 0.3) is 0 Å². The van der Waals surface area contributed by atoms with Gasteiger partial charge in [0.25, 0.3) is 0 Å². The highest BCUT2D eigenvalue weighted by atomic mass is 16.5. The summed E-state index contributed by atoms with van der Waals surface area (Å²) < 4.78 is 11.7. The van der Waals surface area contributed by atoms with Gasteiger partial charge in [-0.15, -0.1) is 0 Å². The van der Waals surface area contributed by atoms with Crippen LogP contribution in [0.5, 0.6) is 11.5 Å². The summed E-state index contributed by atoms with van der Waals surface area (Å²) in [6.45, 7) is 9.37. The van der Waals surface area contributed by atoms with Crippen LogP contribution in [0.2, 0.25) is 0 Å². The van der Waals surface area contributed by atoms with Gasteiger partial charge >= 0.3 is 0 Å². The van der Waals surface area contributed by atoms with E-state index in [9.17, 15) is 0 Å². The van der Waals surface area contributed by atoms with Gasteiger partial charge in [0.1, 0.15) is 24.7 Å². The van der Waals surface area contributed by atoms with Gasteiger partial charge in [-0.05, 0) is 44.5 Å². The lowest BCUT2D eigenvalue weighted by Crippen LogP contribution is -2.23. The lowest BCUT2D eigenvalue weighted by molar-refractivity contribution is 0.216. The van der Waals surface area contributed by atoms with Crippen molar-refractivity contribution in [3.63, 3.8) is 0 Å². The van der Waals surface area contributed by atoms with Crippen LogP contribution in [-0.4, -0.2) is 26.3 Å². The topological polar surface area (TPSA) is 21.7 Å². The van der Waals surface area contributed by atoms with E-state index in [2.05, 4.69) is 24.8 Å². The second-order valence-electron chi connectivity index (χ2n) is 5.10. The first kappa shape index (κ1) is 16.2. The van der Waals surface area contributed by atoms with Gasteiger partial charge in [0.2, 0.25) is 0 Å². The van der Waals surface area contributed by atoms with Crippen molar-refractivity contribution in [1.29, 1.82) is 0 Å². The highest BCUT2D eigenvalue weighted by Crippen LogP contribution is 2.27. The number of aryl methyl sites for hydroxylation is 1. The summed E-state index contributed by atoms with van der Waals surface area (Å²) >= 11 is 0. The van der Waals surface area contributed by atoms with E-state index < -0.39 is 0 Å². The van der Waals surface area contributed by atoms with Crippen molar-refractivity contribution in [3.05, 3.63) is 54.1 Å². The SMILES string of the molecule is CCN(CC)c1ccccc1OCCOc1ccccc1C. The number of nitrogens with zero attached hydrogens (tertiary/aromatic N) is 1. The zero-order valence-corrected chi connectivity index (χ0v) is 13.7. The lowest BCUT2D eigenvalue weighted by Gasteiger charge is -2.23. The van der Waals surface area contributed by atoms with Crippen LogP contribution in [0.1, 0.15) is 19.4 Å². The minimum atomic E-state index is 0.534. The summed E-state index contributed by atoms with van der Waals surface area (Å²) in [5.74, 6) is 1.84. The molecule has 3 heteroatoms. The average molecular weight is 299 g/mol. The number of benzene rings is 2. The molecule has 0 aromatic heterocycles. The molecule has 0 saturated carbocycles. The van der Waals surface area contributed by atoms with Crippen molar-refractivity contribution in [2.75, 3.05) is 31.2 Å². The maximum Gasteiger partial charge on any atom is 0.142 e. The second-order valence-corrected chi connectivity index (χ2v) is 5.10. The van der Waals surface area contributed by atoms with Crippen LogP contribution in [0.4, 0.5) is 5.69 Å². The minimum absolute atomic E-state index is 0.534. The van der Waals surface area contributed by atoms with E-state index in [1.54, 1.807) is 0 Å². The predicted octanol–water partition coefficient (Wildman–Crippen LogP) is 4.30. The Labute approximate surface area is 133 Å². The van der Waals surface area contributed by atoms with Crippen LogP contribution in [-0.2, 0) is 0 Å². The summed E-state index contributed by atoms with van der Waals surface area (Å²) in [5, 5.41) is 0. The molecule has 0 aliphatic carbocycles. The Hall–Kier alpha value is -2.16. The molecule has 0 heterocycles. The fourth-order valence-corrected chi connectivity index (χ4v) is 2.43. The molecule has 0 aliphatic heterocycles. The van der Waals surface area contributed by atoms with Gasteiger partial charge in [-0.2, -0.15) is 0 Å². The van der Waals surface area contributed by atoms with Gasteiger partial charge in [-0.25, -0.2) is 0 Å². The van der Waals surface area contributed by atoms with E-state index in [0.717, 1.165) is 35.8 Å². The highest BCUT2D eigenvalue weighted by Gasteiger charge is 2.08. The molecular formula is C19H25NO2. The van der Waals surface area contributed by atoms with E-state index in [1.165, 1.54) is 0 Å². The van der Waals surface area contributed by atoms with E-state index in [0.29, 0.717) is 13.2 Å². The molecule has 22 heavy (non-hydrogen) atoms. The molecule has 0 fully saturated rings. The van der Waals surface area contributed by atoms with Gasteiger partial charge in [-0.1, -0.05) is 30.3 Å². The minimum Gasteiger partial charge on any atom is -0.490 e. The fraction of sp³-hybridized carbons (Fsp3) is 0.368. The van der Waals surface area contributed by atoms with Gasteiger partial charge in [-0.3, -0.25) is 0 Å². The first-order valence-electron chi connectivity index (χ1n) is 7.91. The number of para-hydroxylation sites is 3. The smallest absolute Gasteiger partial charge is 0.142 e. The lowest BCUT2D eigenvalue weighted by atomic mass is 10.2. The Morgan fingerprint density at radius 3 is 1.95 bits per heavy atom. The third-order valence-corrected chi connectivity index (χ3v) is 3.66. The van der Waals surface area contributed by atoms with Crippen LogP contribution >= 0.6 is 0 Å². The Morgan fingerprint density at radius 2 is 1.32 bits per heavy atom. The molecular weight excluding hydrogens is 274 g/mol. The third-order valence-electron chi connectivity index (χ3n) is 3.66. The zero-order chi connectivity index (χ0) is 15.8. The van der Waals surface area contributed by atoms with E-state index >= 15 is 0 Å². The van der Waals surface area contributed by atoms with E-state index in [4.69, 9.17) is 9.47 Å². The summed E-state index contributed by atoms with van der Waals surface area (Å²) in [6.07, 6.45) is 0. The second kappa shape index (κ2) is 8.32. The Morgan fingerprint density at radius 1 is 0.773 bits per heavy atom. The van der Waals surface area contributed by atoms with Crippen LogP contribution in [0.3, 0.4) is 0 Å². The number of rotatable bonds is 8. The first-order valence-corrected chi connectivity index (χ1v) is 7.91. The summed E-state index contributed by atoms with van der Waals surface area (Å²) in [6, 6.07) is 16.2. The maximum atomic E-state index is 5.92. The van der Waals surface area contributed by atoms with Crippen molar-refractivity contribution < 1.29 is 9.47 Å². The number of hydrogen-bond donors (Lipinski definition) is 0. The molecule has 2 aromatic rings. The van der Waals surface area contributed by atoms with E-state index in [-0.39, 0.29) is 0 Å². The molecule has 2 rings (SSSR count). The van der Waals surface area contributed by atoms with E-state index in [1.807, 2.05) is 49.4 Å². The summed E-state index contributed by atoms with van der Waals surface area (Å²) in [5.41, 5.74) is 2.29.